The molecule has 3 atom stereocenters. The lowest BCUT2D eigenvalue weighted by atomic mass is 9.89. The normalized spacial score (nSPS) is 25.6. The van der Waals surface area contributed by atoms with E-state index in [4.69, 9.17) is 0 Å². The molecule has 0 aliphatic heterocycles. The maximum atomic E-state index is 12.3. The molecule has 1 heterocycles. The summed E-state index contributed by atoms with van der Waals surface area (Å²) in [7, 11) is 3.54. The van der Waals surface area contributed by atoms with E-state index in [9.17, 15) is 15.0 Å². The lowest BCUT2D eigenvalue weighted by Crippen LogP contribution is -2.51. The molecule has 1 aromatic rings. The quantitative estimate of drug-likeness (QED) is 0.809. The van der Waals surface area contributed by atoms with Crippen LogP contribution >= 0.6 is 0 Å². The molecule has 0 aromatic carbocycles. The summed E-state index contributed by atoms with van der Waals surface area (Å²) < 4.78 is 1.78. The topological polar surface area (TPSA) is 78.6 Å². The number of hydrogen-bond donors (Lipinski definition) is 2. The Hall–Kier alpha value is -1.66. The van der Waals surface area contributed by atoms with Crippen molar-refractivity contribution < 1.29 is 15.0 Å². The van der Waals surface area contributed by atoms with Gasteiger partial charge in [-0.2, -0.15) is 5.10 Å². The predicted octanol–water partition coefficient (Wildman–Crippen LogP) is 0.783. The molecule has 0 radical (unpaired) electrons. The second-order valence-electron chi connectivity index (χ2n) is 6.05. The Morgan fingerprint density at radius 1 is 1.36 bits per heavy atom. The van der Waals surface area contributed by atoms with Crippen LogP contribution in [0.5, 0.6) is 0 Å². The van der Waals surface area contributed by atoms with Crippen LogP contribution in [0.2, 0.25) is 0 Å². The molecule has 1 amide bonds. The molecule has 1 saturated carbocycles. The minimum atomic E-state index is -0.877. The van der Waals surface area contributed by atoms with Crippen molar-refractivity contribution in [3.63, 3.8) is 0 Å². The van der Waals surface area contributed by atoms with Crippen molar-refractivity contribution in [1.29, 1.82) is 0 Å². The average molecular weight is 307 g/mol. The fourth-order valence-corrected chi connectivity index (χ4v) is 3.02. The smallest absolute Gasteiger partial charge is 0.246 e. The molecule has 1 aromatic heterocycles. The van der Waals surface area contributed by atoms with Crippen molar-refractivity contribution in [2.75, 3.05) is 7.05 Å². The first kappa shape index (κ1) is 16.7. The van der Waals surface area contributed by atoms with Crippen LogP contribution in [0.15, 0.2) is 6.08 Å². The van der Waals surface area contributed by atoms with Gasteiger partial charge in [-0.05, 0) is 39.2 Å². The van der Waals surface area contributed by atoms with E-state index in [-0.39, 0.29) is 11.9 Å². The Bertz CT molecular complexity index is 579. The number of aliphatic hydroxyl groups is 2. The van der Waals surface area contributed by atoms with Gasteiger partial charge in [-0.15, -0.1) is 0 Å². The second kappa shape index (κ2) is 6.62. The van der Waals surface area contributed by atoms with Gasteiger partial charge in [-0.3, -0.25) is 9.48 Å². The summed E-state index contributed by atoms with van der Waals surface area (Å²) in [5.74, 6) is -0.180. The fraction of sp³-hybridized carbons (Fsp3) is 0.625. The van der Waals surface area contributed by atoms with Crippen molar-refractivity contribution in [3.05, 3.63) is 23.0 Å². The van der Waals surface area contributed by atoms with Crippen molar-refractivity contribution >= 4 is 12.0 Å². The molecule has 0 bridgehead atoms. The third kappa shape index (κ3) is 3.23. The highest BCUT2D eigenvalue weighted by molar-refractivity contribution is 5.92. The summed E-state index contributed by atoms with van der Waals surface area (Å²) >= 11 is 0. The van der Waals surface area contributed by atoms with E-state index in [0.717, 1.165) is 23.4 Å². The molecule has 0 unspecified atom stereocenters. The van der Waals surface area contributed by atoms with Gasteiger partial charge in [0.2, 0.25) is 5.91 Å². The molecule has 2 N–H and O–H groups in total. The number of aromatic nitrogens is 2. The minimum Gasteiger partial charge on any atom is -0.390 e. The van der Waals surface area contributed by atoms with Gasteiger partial charge in [0.15, 0.2) is 0 Å². The van der Waals surface area contributed by atoms with Crippen LogP contribution in [0, 0.1) is 13.8 Å². The van der Waals surface area contributed by atoms with Crippen LogP contribution in [0.25, 0.3) is 6.08 Å². The monoisotopic (exact) mass is 307 g/mol. The molecule has 6 heteroatoms. The highest BCUT2D eigenvalue weighted by Gasteiger charge is 2.34. The van der Waals surface area contributed by atoms with Gasteiger partial charge in [0.05, 0.1) is 17.8 Å². The van der Waals surface area contributed by atoms with E-state index < -0.39 is 12.2 Å². The Morgan fingerprint density at radius 3 is 2.64 bits per heavy atom. The number of aliphatic hydroxyl groups excluding tert-OH is 2. The van der Waals surface area contributed by atoms with Crippen molar-refractivity contribution in [3.8, 4) is 0 Å². The zero-order valence-electron chi connectivity index (χ0n) is 13.7. The molecule has 0 spiro atoms. The minimum absolute atomic E-state index is 0.180. The molecule has 6 nitrogen and oxygen atoms in total. The van der Waals surface area contributed by atoms with E-state index in [1.54, 1.807) is 17.8 Å². The Balaban J connectivity index is 2.09. The van der Waals surface area contributed by atoms with Gasteiger partial charge in [0.25, 0.3) is 0 Å². The summed E-state index contributed by atoms with van der Waals surface area (Å²) in [4.78, 5) is 13.8. The van der Waals surface area contributed by atoms with Gasteiger partial charge in [0.1, 0.15) is 6.10 Å². The van der Waals surface area contributed by atoms with E-state index in [1.165, 1.54) is 11.0 Å². The summed E-state index contributed by atoms with van der Waals surface area (Å²) in [6.45, 7) is 3.86. The summed E-state index contributed by atoms with van der Waals surface area (Å²) in [6, 6.07) is -0.336. The molecule has 1 fully saturated rings. The Labute approximate surface area is 131 Å². The van der Waals surface area contributed by atoms with E-state index in [0.29, 0.717) is 12.8 Å². The van der Waals surface area contributed by atoms with E-state index >= 15 is 0 Å². The molecule has 0 saturated heterocycles. The third-order valence-electron chi connectivity index (χ3n) is 4.59. The van der Waals surface area contributed by atoms with Crippen molar-refractivity contribution in [2.45, 2.75) is 51.4 Å². The lowest BCUT2D eigenvalue weighted by molar-refractivity contribution is -0.133. The van der Waals surface area contributed by atoms with Crippen LogP contribution in [0.3, 0.4) is 0 Å². The lowest BCUT2D eigenvalue weighted by Gasteiger charge is -2.37. The van der Waals surface area contributed by atoms with Crippen molar-refractivity contribution in [2.24, 2.45) is 7.05 Å². The van der Waals surface area contributed by atoms with Gasteiger partial charge in [-0.1, -0.05) is 0 Å². The number of carbonyl (C=O) groups excluding carboxylic acids is 1. The standard InChI is InChI=1S/C16H25N3O3/c1-10-12(11(2)19(4)17-10)8-9-15(21)18(3)13-6-5-7-14(20)16(13)22/h8-9,13-14,16,20,22H,5-7H2,1-4H3/b9-8+/t13-,14-,16-/m1/s1. The Kier molecular flexibility index (Phi) is 5.03. The zero-order valence-corrected chi connectivity index (χ0v) is 13.7. The van der Waals surface area contributed by atoms with Gasteiger partial charge < -0.3 is 15.1 Å². The molecule has 1 aliphatic carbocycles. The Morgan fingerprint density at radius 2 is 2.05 bits per heavy atom. The van der Waals surface area contributed by atoms with Crippen LogP contribution < -0.4 is 0 Å². The second-order valence-corrected chi connectivity index (χ2v) is 6.05. The third-order valence-corrected chi connectivity index (χ3v) is 4.59. The first-order valence-electron chi connectivity index (χ1n) is 7.64. The first-order chi connectivity index (χ1) is 10.3. The van der Waals surface area contributed by atoms with Crippen LogP contribution in [-0.2, 0) is 11.8 Å². The molecular formula is C16H25N3O3. The number of rotatable bonds is 3. The average Bonchev–Trinajstić information content (AvgIpc) is 2.72. The van der Waals surface area contributed by atoms with Crippen molar-refractivity contribution in [1.82, 2.24) is 14.7 Å². The highest BCUT2D eigenvalue weighted by atomic mass is 16.3. The molecular weight excluding hydrogens is 282 g/mol. The van der Waals surface area contributed by atoms with Crippen LogP contribution in [-0.4, -0.2) is 56.1 Å². The molecule has 2 rings (SSSR count). The number of amides is 1. The van der Waals surface area contributed by atoms with E-state index in [2.05, 4.69) is 5.10 Å². The highest BCUT2D eigenvalue weighted by Crippen LogP contribution is 2.23. The first-order valence-corrected chi connectivity index (χ1v) is 7.64. The maximum absolute atomic E-state index is 12.3. The molecule has 1 aliphatic rings. The summed E-state index contributed by atoms with van der Waals surface area (Å²) in [6.07, 6.45) is 3.75. The van der Waals surface area contributed by atoms with Gasteiger partial charge in [0, 0.05) is 31.4 Å². The zero-order chi connectivity index (χ0) is 16.4. The summed E-state index contributed by atoms with van der Waals surface area (Å²) in [5.41, 5.74) is 2.81. The summed E-state index contributed by atoms with van der Waals surface area (Å²) in [5, 5.41) is 24.1. The maximum Gasteiger partial charge on any atom is 0.246 e. The fourth-order valence-electron chi connectivity index (χ4n) is 3.02. The molecule has 22 heavy (non-hydrogen) atoms. The number of aryl methyl sites for hydroxylation is 2. The van der Waals surface area contributed by atoms with Gasteiger partial charge in [-0.25, -0.2) is 0 Å². The van der Waals surface area contributed by atoms with E-state index in [1.807, 2.05) is 20.9 Å². The number of carbonyl (C=O) groups is 1. The predicted molar refractivity (Wildman–Crippen MR) is 84.1 cm³/mol. The molecule has 122 valence electrons. The van der Waals surface area contributed by atoms with Gasteiger partial charge >= 0.3 is 0 Å². The SMILES string of the molecule is Cc1nn(C)c(C)c1/C=C/C(=O)N(C)[C@@H]1CCC[C@@H](O)[C@@H]1O. The largest absolute Gasteiger partial charge is 0.390 e. The number of likely N-dealkylation sites (N-methyl/N-ethyl adjacent to an activating group) is 1. The number of hydrogen-bond acceptors (Lipinski definition) is 4. The van der Waals surface area contributed by atoms with Crippen LogP contribution in [0.1, 0.15) is 36.2 Å². The van der Waals surface area contributed by atoms with Crippen LogP contribution in [0.4, 0.5) is 0 Å². The number of nitrogens with zero attached hydrogens (tertiary/aromatic N) is 3.